The summed E-state index contributed by atoms with van der Waals surface area (Å²) in [7, 11) is 3.55. The van der Waals surface area contributed by atoms with Gasteiger partial charge in [-0.15, -0.1) is 0 Å². The van der Waals surface area contributed by atoms with Crippen molar-refractivity contribution in [3.63, 3.8) is 0 Å². The summed E-state index contributed by atoms with van der Waals surface area (Å²) < 4.78 is 11.1. The molecule has 1 aliphatic rings. The molecule has 128 valence electrons. The van der Waals surface area contributed by atoms with Crippen LogP contribution in [0, 0.1) is 5.92 Å². The van der Waals surface area contributed by atoms with Gasteiger partial charge in [0.2, 0.25) is 0 Å². The molecule has 2 rings (SSSR count). The van der Waals surface area contributed by atoms with Gasteiger partial charge in [-0.3, -0.25) is 4.79 Å². The number of carbonyl (C=O) groups excluding carboxylic acids is 1. The number of piperidine rings is 1. The quantitative estimate of drug-likeness (QED) is 0.875. The fourth-order valence-corrected chi connectivity index (χ4v) is 2.76. The van der Waals surface area contributed by atoms with Crippen LogP contribution in [0.2, 0.25) is 0 Å². The minimum absolute atomic E-state index is 0.0543. The van der Waals surface area contributed by atoms with Gasteiger partial charge < -0.3 is 19.7 Å². The number of methoxy groups -OCH3 is 1. The first-order valence-electron chi connectivity index (χ1n) is 8.32. The van der Waals surface area contributed by atoms with E-state index in [0.717, 1.165) is 25.9 Å². The smallest absolute Gasteiger partial charge is 0.254 e. The molecule has 0 spiro atoms. The number of carbonyl (C=O) groups is 1. The van der Waals surface area contributed by atoms with Gasteiger partial charge in [-0.05, 0) is 44.0 Å². The highest BCUT2D eigenvalue weighted by molar-refractivity contribution is 5.95. The molecule has 1 saturated heterocycles. The van der Waals surface area contributed by atoms with Crippen LogP contribution in [0.4, 0.5) is 0 Å². The predicted molar refractivity (Wildman–Crippen MR) is 91.3 cm³/mol. The number of hydrogen-bond acceptors (Lipinski definition) is 4. The minimum Gasteiger partial charge on any atom is -0.493 e. The Morgan fingerprint density at radius 3 is 2.83 bits per heavy atom. The first-order chi connectivity index (χ1) is 11.0. The first kappa shape index (κ1) is 17.6. The average molecular weight is 320 g/mol. The third-order valence-electron chi connectivity index (χ3n) is 4.10. The third-order valence-corrected chi connectivity index (χ3v) is 4.10. The summed E-state index contributed by atoms with van der Waals surface area (Å²) in [4.78, 5) is 14.6. The topological polar surface area (TPSA) is 50.8 Å². The number of hydrogen-bond donors (Lipinski definition) is 1. The summed E-state index contributed by atoms with van der Waals surface area (Å²) in [5.41, 5.74) is 0.649. The van der Waals surface area contributed by atoms with Gasteiger partial charge in [0, 0.05) is 24.7 Å². The van der Waals surface area contributed by atoms with Crippen molar-refractivity contribution in [1.29, 1.82) is 0 Å². The maximum Gasteiger partial charge on any atom is 0.254 e. The van der Waals surface area contributed by atoms with E-state index in [-0.39, 0.29) is 5.91 Å². The second-order valence-electron chi connectivity index (χ2n) is 6.45. The molecule has 5 heteroatoms. The number of nitrogens with one attached hydrogen (secondary N) is 1. The monoisotopic (exact) mass is 320 g/mol. The molecule has 1 fully saturated rings. The van der Waals surface area contributed by atoms with Crippen molar-refractivity contribution in [2.24, 2.45) is 5.92 Å². The number of benzene rings is 1. The van der Waals surface area contributed by atoms with Crippen LogP contribution >= 0.6 is 0 Å². The van der Waals surface area contributed by atoms with Crippen LogP contribution in [0.3, 0.4) is 0 Å². The number of rotatable bonds is 6. The van der Waals surface area contributed by atoms with E-state index in [1.807, 2.05) is 24.1 Å². The fraction of sp³-hybridized carbons (Fsp3) is 0.611. The molecule has 1 N–H and O–H groups in total. The molecular weight excluding hydrogens is 292 g/mol. The van der Waals surface area contributed by atoms with Gasteiger partial charge in [-0.2, -0.15) is 0 Å². The van der Waals surface area contributed by atoms with E-state index in [1.165, 1.54) is 0 Å². The molecule has 1 aromatic rings. The van der Waals surface area contributed by atoms with Crippen molar-refractivity contribution in [3.8, 4) is 11.5 Å². The maximum atomic E-state index is 12.7. The van der Waals surface area contributed by atoms with Crippen molar-refractivity contribution >= 4 is 5.91 Å². The van der Waals surface area contributed by atoms with E-state index in [0.29, 0.717) is 35.6 Å². The number of ether oxygens (including phenoxy) is 2. The summed E-state index contributed by atoms with van der Waals surface area (Å²) in [6, 6.07) is 5.81. The zero-order chi connectivity index (χ0) is 16.8. The number of nitrogens with zero attached hydrogens (tertiary/aromatic N) is 1. The Bertz CT molecular complexity index is 531. The van der Waals surface area contributed by atoms with E-state index in [1.54, 1.807) is 13.2 Å². The highest BCUT2D eigenvalue weighted by Crippen LogP contribution is 2.29. The van der Waals surface area contributed by atoms with E-state index in [4.69, 9.17) is 9.47 Å². The van der Waals surface area contributed by atoms with Crippen LogP contribution in [0.15, 0.2) is 18.2 Å². The normalized spacial score (nSPS) is 18.1. The van der Waals surface area contributed by atoms with Gasteiger partial charge in [0.05, 0.1) is 13.7 Å². The van der Waals surface area contributed by atoms with Crippen molar-refractivity contribution in [3.05, 3.63) is 23.8 Å². The Balaban J connectivity index is 2.11. The van der Waals surface area contributed by atoms with Gasteiger partial charge in [-0.25, -0.2) is 0 Å². The van der Waals surface area contributed by atoms with E-state index in [2.05, 4.69) is 19.2 Å². The fourth-order valence-electron chi connectivity index (χ4n) is 2.76. The molecule has 1 aliphatic heterocycles. The Hall–Kier alpha value is -1.75. The number of amides is 1. The molecule has 1 aromatic carbocycles. The van der Waals surface area contributed by atoms with Gasteiger partial charge in [-0.1, -0.05) is 13.8 Å². The lowest BCUT2D eigenvalue weighted by Gasteiger charge is -2.32. The van der Waals surface area contributed by atoms with Crippen LogP contribution in [-0.2, 0) is 0 Å². The minimum atomic E-state index is 0.0543. The van der Waals surface area contributed by atoms with Crippen LogP contribution < -0.4 is 14.8 Å². The highest BCUT2D eigenvalue weighted by atomic mass is 16.5. The SMILES string of the molecule is CNC1CCCN(C(=O)c2ccc(OCC(C)C)c(OC)c2)C1. The summed E-state index contributed by atoms with van der Waals surface area (Å²) in [6.45, 7) is 6.38. The molecule has 0 bridgehead atoms. The zero-order valence-corrected chi connectivity index (χ0v) is 14.6. The van der Waals surface area contributed by atoms with Crippen molar-refractivity contribution in [1.82, 2.24) is 10.2 Å². The summed E-state index contributed by atoms with van der Waals surface area (Å²) in [5, 5.41) is 3.26. The molecule has 1 unspecified atom stereocenters. The number of likely N-dealkylation sites (N-methyl/N-ethyl adjacent to an activating group) is 1. The molecule has 1 amide bonds. The van der Waals surface area contributed by atoms with E-state index < -0.39 is 0 Å². The maximum absolute atomic E-state index is 12.7. The van der Waals surface area contributed by atoms with Crippen LogP contribution in [0.5, 0.6) is 11.5 Å². The van der Waals surface area contributed by atoms with Crippen molar-refractivity contribution in [2.75, 3.05) is 33.9 Å². The van der Waals surface area contributed by atoms with E-state index >= 15 is 0 Å². The molecule has 0 radical (unpaired) electrons. The standard InChI is InChI=1S/C18H28N2O3/c1-13(2)12-23-16-8-7-14(10-17(16)22-4)18(21)20-9-5-6-15(11-20)19-3/h7-8,10,13,15,19H,5-6,9,11-12H2,1-4H3. The lowest BCUT2D eigenvalue weighted by Crippen LogP contribution is -2.46. The second kappa shape index (κ2) is 8.20. The third kappa shape index (κ3) is 4.61. The van der Waals surface area contributed by atoms with Crippen LogP contribution in [-0.4, -0.2) is 50.7 Å². The van der Waals surface area contributed by atoms with Crippen LogP contribution in [0.25, 0.3) is 0 Å². The molecule has 23 heavy (non-hydrogen) atoms. The number of likely N-dealkylation sites (tertiary alicyclic amines) is 1. The molecule has 5 nitrogen and oxygen atoms in total. The highest BCUT2D eigenvalue weighted by Gasteiger charge is 2.24. The largest absolute Gasteiger partial charge is 0.493 e. The summed E-state index contributed by atoms with van der Waals surface area (Å²) in [5.74, 6) is 1.79. The molecular formula is C18H28N2O3. The molecule has 0 aliphatic carbocycles. The Morgan fingerprint density at radius 2 is 2.17 bits per heavy atom. The van der Waals surface area contributed by atoms with Crippen molar-refractivity contribution in [2.45, 2.75) is 32.7 Å². The zero-order valence-electron chi connectivity index (χ0n) is 14.6. The van der Waals surface area contributed by atoms with Crippen LogP contribution in [0.1, 0.15) is 37.0 Å². The first-order valence-corrected chi connectivity index (χ1v) is 8.32. The Kier molecular flexibility index (Phi) is 6.28. The van der Waals surface area contributed by atoms with Gasteiger partial charge in [0.15, 0.2) is 11.5 Å². The molecule has 0 aromatic heterocycles. The second-order valence-corrected chi connectivity index (χ2v) is 6.45. The summed E-state index contributed by atoms with van der Waals surface area (Å²) >= 11 is 0. The Labute approximate surface area is 139 Å². The molecule has 0 saturated carbocycles. The molecule has 1 heterocycles. The lowest BCUT2D eigenvalue weighted by atomic mass is 10.0. The van der Waals surface area contributed by atoms with Gasteiger partial charge >= 0.3 is 0 Å². The van der Waals surface area contributed by atoms with Gasteiger partial charge in [0.1, 0.15) is 0 Å². The van der Waals surface area contributed by atoms with E-state index in [9.17, 15) is 4.79 Å². The van der Waals surface area contributed by atoms with Crippen molar-refractivity contribution < 1.29 is 14.3 Å². The van der Waals surface area contributed by atoms with Gasteiger partial charge in [0.25, 0.3) is 5.91 Å². The average Bonchev–Trinajstić information content (AvgIpc) is 2.59. The predicted octanol–water partition coefficient (Wildman–Crippen LogP) is 2.55. The molecule has 1 atom stereocenters. The summed E-state index contributed by atoms with van der Waals surface area (Å²) in [6.07, 6.45) is 2.15. The Morgan fingerprint density at radius 1 is 1.39 bits per heavy atom. The lowest BCUT2D eigenvalue weighted by molar-refractivity contribution is 0.0697.